The van der Waals surface area contributed by atoms with E-state index in [9.17, 15) is 9.90 Å². The van der Waals surface area contributed by atoms with Crippen LogP contribution in [0.1, 0.15) is 10.4 Å². The molecule has 1 aromatic rings. The van der Waals surface area contributed by atoms with Crippen LogP contribution in [0.2, 0.25) is 0 Å². The summed E-state index contributed by atoms with van der Waals surface area (Å²) in [5.74, 6) is -1.20. The van der Waals surface area contributed by atoms with Crippen molar-refractivity contribution in [2.75, 3.05) is 19.0 Å². The van der Waals surface area contributed by atoms with E-state index in [0.717, 1.165) is 0 Å². The second kappa shape index (κ2) is 5.72. The summed E-state index contributed by atoms with van der Waals surface area (Å²) in [6.45, 7) is 0. The van der Waals surface area contributed by atoms with Gasteiger partial charge in [0.1, 0.15) is 0 Å². The summed E-state index contributed by atoms with van der Waals surface area (Å²) in [5.41, 5.74) is 0.715. The van der Waals surface area contributed by atoms with Crippen molar-refractivity contribution in [1.29, 1.82) is 0 Å². The van der Waals surface area contributed by atoms with E-state index in [1.807, 2.05) is 0 Å². The molecule has 1 aromatic heterocycles. The molecule has 0 spiro atoms. The normalized spacial score (nSPS) is 8.77. The molecule has 0 saturated heterocycles. The van der Waals surface area contributed by atoms with Gasteiger partial charge in [-0.05, 0) is 6.07 Å². The molecule has 1 rings (SSSR count). The maximum absolute atomic E-state index is 10.5. The average Bonchev–Trinajstić information content (AvgIpc) is 2.04. The van der Waals surface area contributed by atoms with Gasteiger partial charge in [-0.2, -0.15) is 0 Å². The van der Waals surface area contributed by atoms with E-state index in [0.29, 0.717) is 5.69 Å². The molecule has 0 aliphatic rings. The van der Waals surface area contributed by atoms with E-state index >= 15 is 0 Å². The number of anilines is 1. The average molecular weight is 204 g/mol. The van der Waals surface area contributed by atoms with E-state index < -0.39 is 5.97 Å². The molecule has 0 saturated carbocycles. The predicted octanol–water partition coefficient (Wildman–Crippen LogP) is -3.48. The van der Waals surface area contributed by atoms with Crippen LogP contribution in [0.4, 0.5) is 5.69 Å². The van der Waals surface area contributed by atoms with E-state index in [-0.39, 0.29) is 56.9 Å². The molecule has 4 nitrogen and oxygen atoms in total. The Morgan fingerprint density at radius 1 is 1.54 bits per heavy atom. The van der Waals surface area contributed by atoms with E-state index in [1.54, 1.807) is 31.3 Å². The minimum atomic E-state index is -1.20. The van der Waals surface area contributed by atoms with Crippen molar-refractivity contribution in [3.8, 4) is 0 Å². The van der Waals surface area contributed by atoms with Gasteiger partial charge in [0, 0.05) is 37.7 Å². The van der Waals surface area contributed by atoms with Crippen LogP contribution in [0.3, 0.4) is 0 Å². The smallest absolute Gasteiger partial charge is 0.545 e. The maximum Gasteiger partial charge on any atom is 1.00 e. The number of hydrogen-bond acceptors (Lipinski definition) is 4. The number of carbonyl (C=O) groups excluding carboxylic acids is 1. The van der Waals surface area contributed by atoms with Gasteiger partial charge in [0.05, 0.1) is 5.97 Å². The molecule has 0 N–H and O–H groups in total. The van der Waals surface area contributed by atoms with Crippen molar-refractivity contribution in [2.45, 2.75) is 0 Å². The number of carboxylic acids is 1. The zero-order chi connectivity index (χ0) is 9.14. The fourth-order valence-electron chi connectivity index (χ4n) is 0.934. The van der Waals surface area contributed by atoms with E-state index in [2.05, 4.69) is 4.98 Å². The van der Waals surface area contributed by atoms with Gasteiger partial charge >= 0.3 is 51.4 Å². The largest absolute Gasteiger partial charge is 1.00 e. The molecule has 13 heavy (non-hydrogen) atoms. The predicted molar refractivity (Wildman–Crippen MR) is 42.9 cm³/mol. The number of nitrogens with zero attached hydrogens (tertiary/aromatic N) is 2. The minimum absolute atomic E-state index is 0. The molecule has 5 heteroatoms. The third-order valence-electron chi connectivity index (χ3n) is 1.50. The molecule has 0 fully saturated rings. The number of carboxylic acid groups (broad SMARTS) is 1. The van der Waals surface area contributed by atoms with Crippen LogP contribution >= 0.6 is 0 Å². The fraction of sp³-hybridized carbons (Fsp3) is 0.250. The van der Waals surface area contributed by atoms with Crippen LogP contribution < -0.4 is 61.4 Å². The van der Waals surface area contributed by atoms with Crippen LogP contribution in [-0.2, 0) is 0 Å². The SMILES string of the molecule is CN(C)c1ccncc1C(=O)[O-].[K+]. The number of aromatic nitrogens is 1. The molecular formula is C8H9KN2O2. The topological polar surface area (TPSA) is 56.3 Å². The summed E-state index contributed by atoms with van der Waals surface area (Å²) in [6, 6.07) is 1.63. The molecule has 0 aliphatic carbocycles. The molecule has 0 unspecified atom stereocenters. The Balaban J connectivity index is 0.00000144. The van der Waals surface area contributed by atoms with Crippen LogP contribution in [0.25, 0.3) is 0 Å². The first-order valence-corrected chi connectivity index (χ1v) is 3.45. The van der Waals surface area contributed by atoms with Gasteiger partial charge in [0.25, 0.3) is 0 Å². The summed E-state index contributed by atoms with van der Waals surface area (Å²) in [6.07, 6.45) is 2.83. The first-order chi connectivity index (χ1) is 5.63. The van der Waals surface area contributed by atoms with Gasteiger partial charge in [-0.25, -0.2) is 0 Å². The summed E-state index contributed by atoms with van der Waals surface area (Å²) >= 11 is 0. The molecule has 64 valence electrons. The number of aromatic carboxylic acids is 1. The minimum Gasteiger partial charge on any atom is -0.545 e. The maximum atomic E-state index is 10.5. The summed E-state index contributed by atoms with van der Waals surface area (Å²) in [7, 11) is 3.53. The number of carbonyl (C=O) groups is 1. The first-order valence-electron chi connectivity index (χ1n) is 3.45. The third-order valence-corrected chi connectivity index (χ3v) is 1.50. The van der Waals surface area contributed by atoms with Crippen molar-refractivity contribution >= 4 is 11.7 Å². The Morgan fingerprint density at radius 2 is 2.15 bits per heavy atom. The zero-order valence-electron chi connectivity index (χ0n) is 7.94. The molecule has 0 aromatic carbocycles. The van der Waals surface area contributed by atoms with E-state index in [1.165, 1.54) is 6.20 Å². The van der Waals surface area contributed by atoms with Crippen molar-refractivity contribution in [3.63, 3.8) is 0 Å². The van der Waals surface area contributed by atoms with Gasteiger partial charge < -0.3 is 14.8 Å². The molecule has 0 aliphatic heterocycles. The summed E-state index contributed by atoms with van der Waals surface area (Å²) < 4.78 is 0. The van der Waals surface area contributed by atoms with Crippen LogP contribution in [0.15, 0.2) is 18.5 Å². The molecular weight excluding hydrogens is 195 g/mol. The standard InChI is InChI=1S/C8H10N2O2.K/c1-10(2)7-3-4-9-5-6(7)8(11)12;/h3-5H,1-2H3,(H,11,12);/q;+1/p-1. The zero-order valence-corrected chi connectivity index (χ0v) is 11.1. The van der Waals surface area contributed by atoms with Gasteiger partial charge in [-0.3, -0.25) is 4.98 Å². The molecule has 0 amide bonds. The van der Waals surface area contributed by atoms with Gasteiger partial charge in [-0.15, -0.1) is 0 Å². The van der Waals surface area contributed by atoms with Gasteiger partial charge in [0.2, 0.25) is 0 Å². The summed E-state index contributed by atoms with van der Waals surface area (Å²) in [4.78, 5) is 16.0. The molecule has 0 radical (unpaired) electrons. The number of rotatable bonds is 2. The second-order valence-electron chi connectivity index (χ2n) is 2.57. The van der Waals surface area contributed by atoms with Crippen molar-refractivity contribution in [1.82, 2.24) is 4.98 Å². The van der Waals surface area contributed by atoms with Crippen LogP contribution in [-0.4, -0.2) is 25.0 Å². The Bertz CT molecular complexity index is 302. The first kappa shape index (κ1) is 13.1. The Kier molecular flexibility index (Phi) is 5.74. The quantitative estimate of drug-likeness (QED) is 0.469. The second-order valence-corrected chi connectivity index (χ2v) is 2.57. The third kappa shape index (κ3) is 3.36. The Labute approximate surface area is 119 Å². The van der Waals surface area contributed by atoms with Crippen LogP contribution in [0, 0.1) is 0 Å². The molecule has 0 bridgehead atoms. The summed E-state index contributed by atoms with van der Waals surface area (Å²) in [5, 5.41) is 10.5. The van der Waals surface area contributed by atoms with Crippen LogP contribution in [0.5, 0.6) is 0 Å². The van der Waals surface area contributed by atoms with Gasteiger partial charge in [-0.1, -0.05) is 0 Å². The van der Waals surface area contributed by atoms with Crippen molar-refractivity contribution < 1.29 is 61.3 Å². The van der Waals surface area contributed by atoms with Gasteiger partial charge in [0.15, 0.2) is 0 Å². The number of hydrogen-bond donors (Lipinski definition) is 0. The van der Waals surface area contributed by atoms with Crippen molar-refractivity contribution in [3.05, 3.63) is 24.0 Å². The van der Waals surface area contributed by atoms with Crippen molar-refractivity contribution in [2.24, 2.45) is 0 Å². The monoisotopic (exact) mass is 204 g/mol. The Hall–Kier alpha value is 0.0564. The fourth-order valence-corrected chi connectivity index (χ4v) is 0.934. The molecule has 0 atom stereocenters. The molecule has 1 heterocycles. The Morgan fingerprint density at radius 3 is 2.54 bits per heavy atom. The van der Waals surface area contributed by atoms with E-state index in [4.69, 9.17) is 0 Å². The number of pyridine rings is 1.